The minimum atomic E-state index is -0.475. The summed E-state index contributed by atoms with van der Waals surface area (Å²) < 4.78 is 28.5. The second-order valence-electron chi connectivity index (χ2n) is 15.0. The highest BCUT2D eigenvalue weighted by atomic mass is 16.7. The van der Waals surface area contributed by atoms with Crippen molar-refractivity contribution in [2.75, 3.05) is 60.7 Å². The molecule has 0 aliphatic rings. The van der Waals surface area contributed by atoms with Gasteiger partial charge in [-0.25, -0.2) is 0 Å². The smallest absolute Gasteiger partial charge is 0.306 e. The van der Waals surface area contributed by atoms with Gasteiger partial charge in [0, 0.05) is 19.6 Å². The maximum atomic E-state index is 12.4. The first kappa shape index (κ1) is 51.5. The zero-order valence-electron chi connectivity index (χ0n) is 35.5. The lowest BCUT2D eigenvalue weighted by atomic mass is 10.1. The van der Waals surface area contributed by atoms with Crippen molar-refractivity contribution < 1.29 is 28.5 Å². The topological polar surface area (TPSA) is 66.5 Å². The molecule has 0 aromatic carbocycles. The summed E-state index contributed by atoms with van der Waals surface area (Å²) in [5, 5.41) is 0. The van der Waals surface area contributed by atoms with Crippen molar-refractivity contribution in [2.24, 2.45) is 0 Å². The summed E-state index contributed by atoms with van der Waals surface area (Å²) in [6, 6.07) is 0. The fourth-order valence-corrected chi connectivity index (χ4v) is 5.96. The van der Waals surface area contributed by atoms with E-state index in [1.807, 2.05) is 14.1 Å². The number of hydrogen-bond acceptors (Lipinski definition) is 7. The zero-order valence-corrected chi connectivity index (χ0v) is 35.5. The molecule has 7 nitrogen and oxygen atoms in total. The number of allylic oxidation sites excluding steroid dienone is 6. The Bertz CT molecular complexity index is 814. The van der Waals surface area contributed by atoms with Crippen molar-refractivity contribution in [3.63, 3.8) is 0 Å². The third kappa shape index (κ3) is 44.8. The third-order valence-corrected chi connectivity index (χ3v) is 9.26. The summed E-state index contributed by atoms with van der Waals surface area (Å²) in [7, 11) is 4.01. The molecule has 0 heterocycles. The van der Waals surface area contributed by atoms with Crippen molar-refractivity contribution in [2.45, 2.75) is 193 Å². The monoisotopic (exact) mass is 750 g/mol. The minimum Gasteiger partial charge on any atom is -0.457 e. The summed E-state index contributed by atoms with van der Waals surface area (Å²) >= 11 is 0. The van der Waals surface area contributed by atoms with Crippen LogP contribution in [0.4, 0.5) is 0 Å². The van der Waals surface area contributed by atoms with E-state index in [4.69, 9.17) is 23.7 Å². The fraction of sp³-hybridized carbons (Fsp3) is 0.848. The van der Waals surface area contributed by atoms with Crippen LogP contribution in [0.1, 0.15) is 187 Å². The highest BCUT2D eigenvalue weighted by Gasteiger charge is 2.15. The zero-order chi connectivity index (χ0) is 38.6. The summed E-state index contributed by atoms with van der Waals surface area (Å²) in [5.74, 6) is -0.221. The molecule has 7 heteroatoms. The third-order valence-electron chi connectivity index (χ3n) is 9.26. The van der Waals surface area contributed by atoms with Gasteiger partial charge in [-0.3, -0.25) is 4.79 Å². The molecule has 0 aromatic rings. The molecule has 0 aliphatic heterocycles. The summed E-state index contributed by atoms with van der Waals surface area (Å²) in [5.41, 5.74) is 0. The van der Waals surface area contributed by atoms with Crippen molar-refractivity contribution in [3.05, 3.63) is 36.5 Å². The molecule has 0 radical (unpaired) electrons. The standard InChI is InChI=1S/C46H87NO6/c1-5-7-9-11-13-15-17-19-21-23-25-27-29-31-33-35-40-50-44-52-42-45(53-46(48)37-36-38-47(3)4)41-51-43-49-39-34-32-30-28-26-24-22-20-18-16-14-12-10-8-6-2/h13,15,18-21,45H,5-12,14,16-17,22-44H2,1-4H3/b15-13-,20-18-,21-19-. The Hall–Kier alpha value is -1.51. The average Bonchev–Trinajstić information content (AvgIpc) is 3.14. The Labute approximate surface area is 329 Å². The fourth-order valence-electron chi connectivity index (χ4n) is 5.96. The van der Waals surface area contributed by atoms with Crippen LogP contribution in [0, 0.1) is 0 Å². The number of esters is 1. The van der Waals surface area contributed by atoms with Gasteiger partial charge in [0.1, 0.15) is 19.7 Å². The molecule has 1 unspecified atom stereocenters. The molecule has 0 rings (SSSR count). The molecule has 0 aliphatic carbocycles. The molecule has 0 amide bonds. The van der Waals surface area contributed by atoms with E-state index in [-0.39, 0.29) is 32.8 Å². The van der Waals surface area contributed by atoms with Crippen LogP contribution in [0.5, 0.6) is 0 Å². The van der Waals surface area contributed by atoms with Gasteiger partial charge in [-0.05, 0) is 97.7 Å². The van der Waals surface area contributed by atoms with Gasteiger partial charge in [0.25, 0.3) is 0 Å². The molecule has 312 valence electrons. The van der Waals surface area contributed by atoms with Gasteiger partial charge in [-0.15, -0.1) is 0 Å². The van der Waals surface area contributed by atoms with E-state index in [9.17, 15) is 4.79 Å². The molecule has 0 saturated carbocycles. The maximum Gasteiger partial charge on any atom is 0.306 e. The van der Waals surface area contributed by atoms with Crippen molar-refractivity contribution >= 4 is 5.97 Å². The van der Waals surface area contributed by atoms with Crippen molar-refractivity contribution in [3.8, 4) is 0 Å². The van der Waals surface area contributed by atoms with E-state index in [0.29, 0.717) is 19.6 Å². The van der Waals surface area contributed by atoms with Crippen LogP contribution in [0.2, 0.25) is 0 Å². The Morgan fingerprint density at radius 1 is 0.491 bits per heavy atom. The Balaban J connectivity index is 3.87. The lowest BCUT2D eigenvalue weighted by Gasteiger charge is -2.19. The van der Waals surface area contributed by atoms with E-state index >= 15 is 0 Å². The number of carbonyl (C=O) groups is 1. The molecule has 0 aromatic heterocycles. The van der Waals surface area contributed by atoms with E-state index in [1.165, 1.54) is 141 Å². The van der Waals surface area contributed by atoms with E-state index in [2.05, 4.69) is 55.2 Å². The van der Waals surface area contributed by atoms with Crippen LogP contribution in [-0.2, 0) is 28.5 Å². The van der Waals surface area contributed by atoms with Crippen LogP contribution < -0.4 is 0 Å². The molecule has 0 N–H and O–H groups in total. The van der Waals surface area contributed by atoms with E-state index in [1.54, 1.807) is 0 Å². The molecule has 0 saturated heterocycles. The molecule has 0 spiro atoms. The number of ether oxygens (including phenoxy) is 5. The largest absolute Gasteiger partial charge is 0.457 e. The first-order valence-electron chi connectivity index (χ1n) is 22.2. The van der Waals surface area contributed by atoms with Crippen LogP contribution in [0.25, 0.3) is 0 Å². The van der Waals surface area contributed by atoms with Crippen LogP contribution in [-0.4, -0.2) is 77.6 Å². The highest BCUT2D eigenvalue weighted by molar-refractivity contribution is 5.69. The normalized spacial score (nSPS) is 12.7. The van der Waals surface area contributed by atoms with Crippen LogP contribution in [0.3, 0.4) is 0 Å². The summed E-state index contributed by atoms with van der Waals surface area (Å²) in [6.45, 7) is 7.63. The van der Waals surface area contributed by atoms with E-state index < -0.39 is 6.10 Å². The van der Waals surface area contributed by atoms with Crippen molar-refractivity contribution in [1.29, 1.82) is 0 Å². The molecular weight excluding hydrogens is 663 g/mol. The number of unbranched alkanes of at least 4 members (excludes halogenated alkanes) is 20. The lowest BCUT2D eigenvalue weighted by molar-refractivity contribution is -0.165. The quantitative estimate of drug-likeness (QED) is 0.0266. The van der Waals surface area contributed by atoms with Gasteiger partial charge in [0.2, 0.25) is 0 Å². The highest BCUT2D eigenvalue weighted by Crippen LogP contribution is 2.11. The first-order valence-corrected chi connectivity index (χ1v) is 22.2. The number of nitrogens with zero attached hydrogens (tertiary/aromatic N) is 1. The molecule has 1 atom stereocenters. The lowest BCUT2D eigenvalue weighted by Crippen LogP contribution is -2.30. The Morgan fingerprint density at radius 2 is 0.887 bits per heavy atom. The SMILES string of the molecule is CCCCC/C=C\C/C=C\CCCCCCCCOCOCC(COCOCCCCCCCC/C=C\CCCCCCC)OC(=O)CCCN(C)C. The van der Waals surface area contributed by atoms with E-state index in [0.717, 1.165) is 32.2 Å². The van der Waals surface area contributed by atoms with Gasteiger partial charge in [-0.2, -0.15) is 0 Å². The van der Waals surface area contributed by atoms with Crippen LogP contribution >= 0.6 is 0 Å². The van der Waals surface area contributed by atoms with Crippen molar-refractivity contribution in [1.82, 2.24) is 4.90 Å². The predicted molar refractivity (Wildman–Crippen MR) is 225 cm³/mol. The molecular formula is C46H87NO6. The maximum absolute atomic E-state index is 12.4. The average molecular weight is 750 g/mol. The minimum absolute atomic E-state index is 0.196. The number of hydrogen-bond donors (Lipinski definition) is 0. The first-order chi connectivity index (χ1) is 26.1. The molecule has 53 heavy (non-hydrogen) atoms. The second-order valence-corrected chi connectivity index (χ2v) is 15.0. The number of rotatable bonds is 43. The Morgan fingerprint density at radius 3 is 1.36 bits per heavy atom. The van der Waals surface area contributed by atoms with Crippen LogP contribution in [0.15, 0.2) is 36.5 Å². The summed E-state index contributed by atoms with van der Waals surface area (Å²) in [4.78, 5) is 14.5. The molecule has 0 fully saturated rings. The molecule has 0 bridgehead atoms. The Kier molecular flexibility index (Phi) is 43.6. The number of carbonyl (C=O) groups excluding carboxylic acids is 1. The van der Waals surface area contributed by atoms with Gasteiger partial charge < -0.3 is 28.6 Å². The second kappa shape index (κ2) is 44.9. The van der Waals surface area contributed by atoms with Gasteiger partial charge in [0.05, 0.1) is 13.2 Å². The van der Waals surface area contributed by atoms with Gasteiger partial charge in [0.15, 0.2) is 0 Å². The van der Waals surface area contributed by atoms with Gasteiger partial charge in [-0.1, -0.05) is 140 Å². The summed E-state index contributed by atoms with van der Waals surface area (Å²) in [6.07, 6.45) is 46.1. The van der Waals surface area contributed by atoms with Gasteiger partial charge >= 0.3 is 5.97 Å². The predicted octanol–water partition coefficient (Wildman–Crippen LogP) is 12.7.